The summed E-state index contributed by atoms with van der Waals surface area (Å²) in [5, 5.41) is 0. The average Bonchev–Trinajstić information content (AvgIpc) is 3.34. The number of piperidine rings is 1. The third kappa shape index (κ3) is 3.91. The largest absolute Gasteiger partial charge is 0.337 e. The van der Waals surface area contributed by atoms with Gasteiger partial charge in [0.1, 0.15) is 11.5 Å². The molecule has 8 heteroatoms. The lowest BCUT2D eigenvalue weighted by atomic mass is 9.96. The number of carbonyl (C=O) groups excluding carboxylic acids is 1. The summed E-state index contributed by atoms with van der Waals surface area (Å²) < 4.78 is 4.03. The summed E-state index contributed by atoms with van der Waals surface area (Å²) in [5.41, 5.74) is 0.452. The Morgan fingerprint density at radius 3 is 2.96 bits per heavy atom. The number of imidazole rings is 2. The number of rotatable bonds is 6. The molecule has 28 heavy (non-hydrogen) atoms. The number of likely N-dealkylation sites (tertiary alicyclic amines) is 1. The summed E-state index contributed by atoms with van der Waals surface area (Å²) in [6, 6.07) is 1.83. The van der Waals surface area contributed by atoms with Gasteiger partial charge >= 0.3 is 0 Å². The molecule has 148 valence electrons. The van der Waals surface area contributed by atoms with Crippen LogP contribution in [0, 0.1) is 0 Å². The number of carbonyl (C=O) groups is 1. The van der Waals surface area contributed by atoms with Crippen LogP contribution >= 0.6 is 0 Å². The van der Waals surface area contributed by atoms with Crippen LogP contribution in [0.1, 0.15) is 41.5 Å². The Morgan fingerprint density at radius 1 is 1.25 bits per heavy atom. The van der Waals surface area contributed by atoms with E-state index < -0.39 is 0 Å². The van der Waals surface area contributed by atoms with E-state index in [2.05, 4.69) is 44.7 Å². The first-order chi connectivity index (χ1) is 13.6. The fraction of sp³-hybridized carbons (Fsp3) is 0.500. The van der Waals surface area contributed by atoms with Gasteiger partial charge in [-0.15, -0.1) is 0 Å². The average molecular weight is 381 g/mol. The zero-order chi connectivity index (χ0) is 19.5. The van der Waals surface area contributed by atoms with E-state index >= 15 is 0 Å². The van der Waals surface area contributed by atoms with E-state index in [1.807, 2.05) is 23.4 Å². The molecule has 0 aliphatic carbocycles. The smallest absolute Gasteiger partial charge is 0.274 e. The van der Waals surface area contributed by atoms with Crippen LogP contribution in [0.3, 0.4) is 0 Å². The van der Waals surface area contributed by atoms with Crippen molar-refractivity contribution in [2.75, 3.05) is 33.7 Å². The molecule has 0 N–H and O–H groups in total. The third-order valence-electron chi connectivity index (χ3n) is 5.28. The van der Waals surface area contributed by atoms with Gasteiger partial charge in [0.25, 0.3) is 5.91 Å². The monoisotopic (exact) mass is 381 g/mol. The zero-order valence-corrected chi connectivity index (χ0v) is 16.5. The van der Waals surface area contributed by atoms with Crippen LogP contribution < -0.4 is 0 Å². The van der Waals surface area contributed by atoms with Crippen molar-refractivity contribution in [3.8, 4) is 0 Å². The zero-order valence-electron chi connectivity index (χ0n) is 16.5. The molecule has 0 saturated carbocycles. The van der Waals surface area contributed by atoms with E-state index in [1.54, 1.807) is 16.8 Å². The fourth-order valence-electron chi connectivity index (χ4n) is 3.89. The normalized spacial score (nSPS) is 17.5. The second-order valence-corrected chi connectivity index (χ2v) is 7.68. The molecule has 0 bridgehead atoms. The van der Waals surface area contributed by atoms with Crippen LogP contribution in [0.5, 0.6) is 0 Å². The molecule has 1 aliphatic heterocycles. The van der Waals surface area contributed by atoms with Crippen LogP contribution in [0.2, 0.25) is 0 Å². The van der Waals surface area contributed by atoms with Crippen LogP contribution in [0.25, 0.3) is 5.78 Å². The summed E-state index contributed by atoms with van der Waals surface area (Å²) in [5.74, 6) is 1.88. The first-order valence-electron chi connectivity index (χ1n) is 9.86. The van der Waals surface area contributed by atoms with Crippen molar-refractivity contribution in [1.29, 1.82) is 0 Å². The van der Waals surface area contributed by atoms with E-state index in [4.69, 9.17) is 0 Å². The highest BCUT2D eigenvalue weighted by Crippen LogP contribution is 2.27. The minimum Gasteiger partial charge on any atom is -0.337 e. The van der Waals surface area contributed by atoms with E-state index in [0.29, 0.717) is 18.0 Å². The lowest BCUT2D eigenvalue weighted by molar-refractivity contribution is 0.0698. The predicted molar refractivity (Wildman–Crippen MR) is 106 cm³/mol. The summed E-state index contributed by atoms with van der Waals surface area (Å²) in [6.07, 6.45) is 12.3. The van der Waals surface area contributed by atoms with Crippen molar-refractivity contribution in [2.24, 2.45) is 0 Å². The summed E-state index contributed by atoms with van der Waals surface area (Å²) in [6.45, 7) is 3.45. The van der Waals surface area contributed by atoms with Gasteiger partial charge in [0, 0.05) is 56.5 Å². The number of nitrogens with zero attached hydrogens (tertiary/aromatic N) is 7. The summed E-state index contributed by atoms with van der Waals surface area (Å²) in [4.78, 5) is 30.3. The maximum absolute atomic E-state index is 13.0. The standard InChI is InChI=1S/C20H27N7O/c1-24(2)9-5-12-25-13-8-21-18(25)16-6-3-10-26(14-16)19(28)17-15-27-11-4-7-22-20(27)23-17/h4,7-8,11,13,15-16H,3,5-6,9-10,12,14H2,1-2H3. The molecule has 0 radical (unpaired) electrons. The van der Waals surface area contributed by atoms with E-state index in [-0.39, 0.29) is 11.8 Å². The molecule has 1 aliphatic rings. The van der Waals surface area contributed by atoms with Crippen LogP contribution in [-0.4, -0.2) is 73.4 Å². The van der Waals surface area contributed by atoms with Gasteiger partial charge in [-0.1, -0.05) is 0 Å². The highest BCUT2D eigenvalue weighted by molar-refractivity contribution is 5.92. The summed E-state index contributed by atoms with van der Waals surface area (Å²) in [7, 11) is 4.18. The molecule has 1 amide bonds. The number of fused-ring (bicyclic) bond motifs is 1. The van der Waals surface area contributed by atoms with E-state index in [0.717, 1.165) is 44.7 Å². The topological polar surface area (TPSA) is 71.6 Å². The predicted octanol–water partition coefficient (Wildman–Crippen LogP) is 1.90. The molecule has 3 aromatic rings. The molecule has 1 unspecified atom stereocenters. The second-order valence-electron chi connectivity index (χ2n) is 7.68. The molecule has 1 atom stereocenters. The van der Waals surface area contributed by atoms with Gasteiger partial charge in [-0.05, 0) is 46.0 Å². The molecule has 1 saturated heterocycles. The molecule has 0 aromatic carbocycles. The van der Waals surface area contributed by atoms with Crippen LogP contribution in [0.15, 0.2) is 37.1 Å². The van der Waals surface area contributed by atoms with Crippen molar-refractivity contribution >= 4 is 11.7 Å². The van der Waals surface area contributed by atoms with Gasteiger partial charge in [0.05, 0.1) is 0 Å². The molecular weight excluding hydrogens is 354 g/mol. The Morgan fingerprint density at radius 2 is 2.14 bits per heavy atom. The Labute approximate surface area is 164 Å². The first-order valence-corrected chi connectivity index (χ1v) is 9.86. The van der Waals surface area contributed by atoms with Crippen molar-refractivity contribution in [3.63, 3.8) is 0 Å². The molecule has 1 fully saturated rings. The minimum absolute atomic E-state index is 0.0269. The maximum Gasteiger partial charge on any atom is 0.274 e. The minimum atomic E-state index is -0.0269. The van der Waals surface area contributed by atoms with Gasteiger partial charge in [-0.2, -0.15) is 0 Å². The van der Waals surface area contributed by atoms with Crippen LogP contribution in [-0.2, 0) is 6.54 Å². The molecule has 0 spiro atoms. The highest BCUT2D eigenvalue weighted by atomic mass is 16.2. The number of hydrogen-bond donors (Lipinski definition) is 0. The van der Waals surface area contributed by atoms with Gasteiger partial charge in [0.2, 0.25) is 5.78 Å². The Bertz CT molecular complexity index is 912. The molecule has 8 nitrogen and oxygen atoms in total. The quantitative estimate of drug-likeness (QED) is 0.652. The number of hydrogen-bond acceptors (Lipinski definition) is 5. The Hall–Kier alpha value is -2.74. The van der Waals surface area contributed by atoms with Gasteiger partial charge in [0.15, 0.2) is 0 Å². The molecular formula is C20H27N7O. The number of aromatic nitrogens is 5. The lowest BCUT2D eigenvalue weighted by Crippen LogP contribution is -2.40. The van der Waals surface area contributed by atoms with Crippen molar-refractivity contribution in [2.45, 2.75) is 31.7 Å². The fourth-order valence-corrected chi connectivity index (χ4v) is 3.89. The van der Waals surface area contributed by atoms with Gasteiger partial charge < -0.3 is 14.4 Å². The maximum atomic E-state index is 13.0. The summed E-state index contributed by atoms with van der Waals surface area (Å²) >= 11 is 0. The first kappa shape index (κ1) is 18.6. The SMILES string of the molecule is CN(C)CCCn1ccnc1C1CCCN(C(=O)c2cn3cccnc3n2)C1. The van der Waals surface area contributed by atoms with E-state index in [9.17, 15) is 4.79 Å². The highest BCUT2D eigenvalue weighted by Gasteiger charge is 2.29. The number of aryl methyl sites for hydroxylation is 1. The van der Waals surface area contributed by atoms with Crippen molar-refractivity contribution in [1.82, 2.24) is 33.7 Å². The van der Waals surface area contributed by atoms with Gasteiger partial charge in [-0.3, -0.25) is 9.20 Å². The molecule has 3 aromatic heterocycles. The van der Waals surface area contributed by atoms with Gasteiger partial charge in [-0.25, -0.2) is 15.0 Å². The third-order valence-corrected chi connectivity index (χ3v) is 5.28. The van der Waals surface area contributed by atoms with E-state index in [1.165, 1.54) is 0 Å². The molecule has 4 heterocycles. The van der Waals surface area contributed by atoms with Crippen molar-refractivity contribution < 1.29 is 4.79 Å². The Kier molecular flexibility index (Phi) is 5.38. The Balaban J connectivity index is 1.46. The number of amides is 1. The molecule has 4 rings (SSSR count). The van der Waals surface area contributed by atoms with Crippen LogP contribution in [0.4, 0.5) is 0 Å². The lowest BCUT2D eigenvalue weighted by Gasteiger charge is -2.32. The second kappa shape index (κ2) is 8.10. The van der Waals surface area contributed by atoms with Crippen molar-refractivity contribution in [3.05, 3.63) is 48.6 Å².